The van der Waals surface area contributed by atoms with Crippen molar-refractivity contribution in [2.45, 2.75) is 5.75 Å². The van der Waals surface area contributed by atoms with E-state index < -0.39 is 0 Å². The van der Waals surface area contributed by atoms with E-state index >= 15 is 0 Å². The molecule has 0 aliphatic rings. The predicted molar refractivity (Wildman–Crippen MR) is 54.2 cm³/mol. The lowest BCUT2D eigenvalue weighted by molar-refractivity contribution is 1.18. The van der Waals surface area contributed by atoms with Crippen molar-refractivity contribution in [3.8, 4) is 12.3 Å². The minimum absolute atomic E-state index is 0.667. The largest absolute Gasteiger partial charge is 0.259 e. The Hall–Kier alpha value is -0.650. The second-order valence-electron chi connectivity index (χ2n) is 2.16. The Balaban J connectivity index is 2.43. The number of rotatable bonds is 3. The first kappa shape index (κ1) is 9.44. The maximum absolute atomic E-state index is 5.67. The molecule has 0 radical (unpaired) electrons. The van der Waals surface area contributed by atoms with Crippen LogP contribution >= 0.6 is 23.4 Å². The fourth-order valence-corrected chi connectivity index (χ4v) is 1.42. The van der Waals surface area contributed by atoms with Crippen molar-refractivity contribution in [2.75, 3.05) is 5.75 Å². The van der Waals surface area contributed by atoms with Crippen molar-refractivity contribution in [2.24, 2.45) is 0 Å². The van der Waals surface area contributed by atoms with Crippen molar-refractivity contribution in [3.05, 3.63) is 29.0 Å². The van der Waals surface area contributed by atoms with Gasteiger partial charge >= 0.3 is 0 Å². The van der Waals surface area contributed by atoms with Crippen molar-refractivity contribution in [1.29, 1.82) is 0 Å². The summed E-state index contributed by atoms with van der Waals surface area (Å²) in [6, 6.07) is 3.74. The molecular weight excluding hydrogens is 190 g/mol. The molecule has 0 atom stereocenters. The fourth-order valence-electron chi connectivity index (χ4n) is 0.706. The molecule has 0 fully saturated rings. The average Bonchev–Trinajstić information content (AvgIpc) is 2.09. The van der Waals surface area contributed by atoms with E-state index in [1.165, 1.54) is 0 Å². The van der Waals surface area contributed by atoms with Crippen molar-refractivity contribution in [1.82, 2.24) is 4.98 Å². The first-order chi connectivity index (χ1) is 5.83. The zero-order valence-corrected chi connectivity index (χ0v) is 8.03. The highest BCUT2D eigenvalue weighted by Gasteiger charge is 1.93. The molecule has 0 aliphatic carbocycles. The van der Waals surface area contributed by atoms with Gasteiger partial charge in [0.25, 0.3) is 0 Å². The molecule has 62 valence electrons. The summed E-state index contributed by atoms with van der Waals surface area (Å²) in [5, 5.41) is 0.667. The van der Waals surface area contributed by atoms with Gasteiger partial charge in [-0.1, -0.05) is 17.5 Å². The third kappa shape index (κ3) is 3.17. The number of nitrogens with zero attached hydrogens (tertiary/aromatic N) is 1. The van der Waals surface area contributed by atoms with E-state index in [9.17, 15) is 0 Å². The Morgan fingerprint density at radius 1 is 1.58 bits per heavy atom. The molecule has 1 heterocycles. The lowest BCUT2D eigenvalue weighted by Gasteiger charge is -1.97. The maximum atomic E-state index is 5.67. The van der Waals surface area contributed by atoms with E-state index in [1.807, 2.05) is 12.1 Å². The Kier molecular flexibility index (Phi) is 3.99. The molecule has 0 bridgehead atoms. The fraction of sp³-hybridized carbons (Fsp3) is 0.222. The van der Waals surface area contributed by atoms with E-state index in [2.05, 4.69) is 10.9 Å². The third-order valence-electron chi connectivity index (χ3n) is 1.22. The number of aromatic nitrogens is 1. The van der Waals surface area contributed by atoms with Crippen molar-refractivity contribution in [3.63, 3.8) is 0 Å². The Morgan fingerprint density at radius 2 is 2.42 bits per heavy atom. The summed E-state index contributed by atoms with van der Waals surface area (Å²) >= 11 is 7.34. The van der Waals surface area contributed by atoms with Gasteiger partial charge in [0, 0.05) is 11.9 Å². The molecule has 1 nitrogen and oxygen atoms in total. The van der Waals surface area contributed by atoms with Gasteiger partial charge in [-0.2, -0.15) is 0 Å². The summed E-state index contributed by atoms with van der Waals surface area (Å²) in [6.45, 7) is 0. The number of hydrogen-bond donors (Lipinski definition) is 0. The second kappa shape index (κ2) is 5.08. The van der Waals surface area contributed by atoms with Crippen LogP contribution in [0.4, 0.5) is 0 Å². The highest BCUT2D eigenvalue weighted by molar-refractivity contribution is 7.98. The molecule has 0 saturated heterocycles. The molecule has 0 N–H and O–H groups in total. The van der Waals surface area contributed by atoms with Gasteiger partial charge in [0.1, 0.15) is 0 Å². The van der Waals surface area contributed by atoms with Gasteiger partial charge in [0.05, 0.1) is 16.5 Å². The second-order valence-corrected chi connectivity index (χ2v) is 3.59. The van der Waals surface area contributed by atoms with Gasteiger partial charge in [-0.25, -0.2) is 0 Å². The molecular formula is C9H8ClNS. The monoisotopic (exact) mass is 197 g/mol. The van der Waals surface area contributed by atoms with Crippen LogP contribution in [0.2, 0.25) is 5.02 Å². The smallest absolute Gasteiger partial charge is 0.0589 e. The summed E-state index contributed by atoms with van der Waals surface area (Å²) in [6.07, 6.45) is 6.75. The lowest BCUT2D eigenvalue weighted by atomic mass is 10.4. The van der Waals surface area contributed by atoms with Gasteiger partial charge < -0.3 is 0 Å². The lowest BCUT2D eigenvalue weighted by Crippen LogP contribution is -1.85. The van der Waals surface area contributed by atoms with E-state index in [0.29, 0.717) is 5.02 Å². The van der Waals surface area contributed by atoms with Crippen molar-refractivity contribution >= 4 is 23.4 Å². The standard InChI is InChI=1S/C9H8ClNS/c1-2-5-12-7-9-4-3-8(10)6-11-9/h1,3-4,6H,5,7H2. The molecule has 0 aromatic carbocycles. The molecule has 0 saturated carbocycles. The molecule has 3 heteroatoms. The summed E-state index contributed by atoms with van der Waals surface area (Å²) in [5.74, 6) is 4.13. The van der Waals surface area contributed by atoms with Crippen LogP contribution in [0.3, 0.4) is 0 Å². The van der Waals surface area contributed by atoms with Gasteiger partial charge in [0.15, 0.2) is 0 Å². The first-order valence-corrected chi connectivity index (χ1v) is 4.98. The van der Waals surface area contributed by atoms with Crippen LogP contribution in [0.5, 0.6) is 0 Å². The summed E-state index contributed by atoms with van der Waals surface area (Å²) in [4.78, 5) is 4.13. The Morgan fingerprint density at radius 3 is 3.00 bits per heavy atom. The van der Waals surface area contributed by atoms with Gasteiger partial charge in [-0.15, -0.1) is 18.2 Å². The SMILES string of the molecule is C#CCSCc1ccc(Cl)cn1. The zero-order valence-electron chi connectivity index (χ0n) is 6.46. The van der Waals surface area contributed by atoms with Crippen LogP contribution in [-0.2, 0) is 5.75 Å². The van der Waals surface area contributed by atoms with Crippen LogP contribution in [0, 0.1) is 12.3 Å². The van der Waals surface area contributed by atoms with Gasteiger partial charge in [0.2, 0.25) is 0 Å². The molecule has 1 aromatic heterocycles. The predicted octanol–water partition coefficient (Wildman–Crippen LogP) is 2.60. The Labute approximate surface area is 81.5 Å². The molecule has 1 aromatic rings. The normalized spacial score (nSPS) is 9.33. The van der Waals surface area contributed by atoms with Crippen LogP contribution in [0.25, 0.3) is 0 Å². The van der Waals surface area contributed by atoms with E-state index in [0.717, 1.165) is 17.2 Å². The zero-order chi connectivity index (χ0) is 8.81. The molecule has 0 spiro atoms. The number of terminal acetylenes is 1. The van der Waals surface area contributed by atoms with E-state index in [1.54, 1.807) is 18.0 Å². The highest BCUT2D eigenvalue weighted by atomic mass is 35.5. The number of halogens is 1. The topological polar surface area (TPSA) is 12.9 Å². The average molecular weight is 198 g/mol. The molecule has 0 unspecified atom stereocenters. The summed E-state index contributed by atoms with van der Waals surface area (Å²) in [5.41, 5.74) is 1.01. The van der Waals surface area contributed by atoms with Crippen LogP contribution in [-0.4, -0.2) is 10.7 Å². The van der Waals surface area contributed by atoms with Crippen molar-refractivity contribution < 1.29 is 0 Å². The summed E-state index contributed by atoms with van der Waals surface area (Å²) < 4.78 is 0. The van der Waals surface area contributed by atoms with Gasteiger partial charge in [-0.3, -0.25) is 4.98 Å². The number of hydrogen-bond acceptors (Lipinski definition) is 2. The number of thioether (sulfide) groups is 1. The highest BCUT2D eigenvalue weighted by Crippen LogP contribution is 2.11. The van der Waals surface area contributed by atoms with E-state index in [-0.39, 0.29) is 0 Å². The molecule has 0 aliphatic heterocycles. The quantitative estimate of drug-likeness (QED) is 0.546. The van der Waals surface area contributed by atoms with E-state index in [4.69, 9.17) is 18.0 Å². The van der Waals surface area contributed by atoms with Crippen LogP contribution in [0.1, 0.15) is 5.69 Å². The Bertz CT molecular complexity index is 276. The van der Waals surface area contributed by atoms with Crippen LogP contribution < -0.4 is 0 Å². The van der Waals surface area contributed by atoms with Crippen LogP contribution in [0.15, 0.2) is 18.3 Å². The minimum Gasteiger partial charge on any atom is -0.259 e. The summed E-state index contributed by atoms with van der Waals surface area (Å²) in [7, 11) is 0. The molecule has 1 rings (SSSR count). The number of pyridine rings is 1. The molecule has 0 amide bonds. The minimum atomic E-state index is 0.667. The third-order valence-corrected chi connectivity index (χ3v) is 2.32. The van der Waals surface area contributed by atoms with Gasteiger partial charge in [-0.05, 0) is 12.1 Å². The maximum Gasteiger partial charge on any atom is 0.0589 e. The molecule has 12 heavy (non-hydrogen) atoms. The first-order valence-electron chi connectivity index (χ1n) is 3.44.